The number of nitrogens with zero attached hydrogens (tertiary/aromatic N) is 2. The number of benzene rings is 1. The fourth-order valence-corrected chi connectivity index (χ4v) is 5.52. The molecule has 1 aromatic carbocycles. The van der Waals surface area contributed by atoms with E-state index in [-0.39, 0.29) is 6.10 Å². The van der Waals surface area contributed by atoms with Crippen LogP contribution in [0.25, 0.3) is 0 Å². The predicted molar refractivity (Wildman–Crippen MR) is 115 cm³/mol. The molecule has 2 aliphatic rings. The van der Waals surface area contributed by atoms with Gasteiger partial charge in [-0.3, -0.25) is 4.99 Å². The number of aliphatic hydroxyl groups excluding tert-OH is 1. The molecule has 1 heterocycles. The number of hydrogen-bond donors (Lipinski definition) is 3. The average Bonchev–Trinajstić information content (AvgIpc) is 2.75. The summed E-state index contributed by atoms with van der Waals surface area (Å²) in [5.74, 6) is 1.22. The number of piperidine rings is 1. The van der Waals surface area contributed by atoms with Crippen molar-refractivity contribution >= 4 is 16.0 Å². The van der Waals surface area contributed by atoms with Crippen LogP contribution < -0.4 is 10.6 Å². The minimum Gasteiger partial charge on any atom is -0.393 e. The van der Waals surface area contributed by atoms with Gasteiger partial charge in [-0.05, 0) is 63.5 Å². The van der Waals surface area contributed by atoms with Crippen LogP contribution in [0, 0.1) is 5.92 Å². The van der Waals surface area contributed by atoms with E-state index in [0.717, 1.165) is 51.0 Å². The summed E-state index contributed by atoms with van der Waals surface area (Å²) >= 11 is 0. The molecule has 0 spiro atoms. The zero-order chi connectivity index (χ0) is 20.7. The van der Waals surface area contributed by atoms with Crippen molar-refractivity contribution in [2.45, 2.75) is 62.5 Å². The highest BCUT2D eigenvalue weighted by Gasteiger charge is 2.29. The third-order valence-corrected chi connectivity index (χ3v) is 7.76. The van der Waals surface area contributed by atoms with E-state index in [2.05, 4.69) is 17.6 Å². The Bertz CT molecular complexity index is 753. The largest absolute Gasteiger partial charge is 0.393 e. The van der Waals surface area contributed by atoms with Crippen molar-refractivity contribution in [3.63, 3.8) is 0 Å². The van der Waals surface area contributed by atoms with E-state index in [9.17, 15) is 13.5 Å². The first-order valence-corrected chi connectivity index (χ1v) is 12.2. The molecule has 0 aromatic heterocycles. The zero-order valence-corrected chi connectivity index (χ0v) is 18.1. The van der Waals surface area contributed by atoms with Crippen LogP contribution in [-0.4, -0.2) is 62.1 Å². The molecule has 0 atom stereocenters. The lowest BCUT2D eigenvalue weighted by atomic mass is 9.93. The van der Waals surface area contributed by atoms with Gasteiger partial charge in [0, 0.05) is 32.2 Å². The third kappa shape index (κ3) is 6.17. The van der Waals surface area contributed by atoms with Gasteiger partial charge < -0.3 is 15.7 Å². The van der Waals surface area contributed by atoms with E-state index in [4.69, 9.17) is 4.99 Å². The Hall–Kier alpha value is -1.64. The molecule has 0 amide bonds. The van der Waals surface area contributed by atoms with Crippen molar-refractivity contribution in [3.05, 3.63) is 30.3 Å². The Morgan fingerprint density at radius 2 is 1.76 bits per heavy atom. The van der Waals surface area contributed by atoms with E-state index >= 15 is 0 Å². The topological polar surface area (TPSA) is 94.0 Å². The summed E-state index contributed by atoms with van der Waals surface area (Å²) in [6.45, 7) is 4.64. The van der Waals surface area contributed by atoms with Crippen LogP contribution in [0.15, 0.2) is 40.2 Å². The summed E-state index contributed by atoms with van der Waals surface area (Å²) in [6.07, 6.45) is 5.08. The van der Waals surface area contributed by atoms with Crippen molar-refractivity contribution in [2.75, 3.05) is 26.2 Å². The molecular weight excluding hydrogens is 388 g/mol. The highest BCUT2D eigenvalue weighted by molar-refractivity contribution is 7.89. The lowest BCUT2D eigenvalue weighted by Gasteiger charge is -2.31. The number of sulfonamides is 1. The third-order valence-electron chi connectivity index (χ3n) is 5.84. The van der Waals surface area contributed by atoms with Crippen LogP contribution in [0.1, 0.15) is 45.4 Å². The van der Waals surface area contributed by atoms with E-state index in [0.29, 0.717) is 36.5 Å². The normalized spacial score (nSPS) is 25.0. The molecule has 3 rings (SSSR count). The Balaban J connectivity index is 1.51. The summed E-state index contributed by atoms with van der Waals surface area (Å²) in [6, 6.07) is 9.02. The molecular formula is C21H34N4O3S. The second kappa shape index (κ2) is 10.4. The quantitative estimate of drug-likeness (QED) is 0.481. The first-order valence-electron chi connectivity index (χ1n) is 10.8. The van der Waals surface area contributed by atoms with Gasteiger partial charge in [-0.25, -0.2) is 8.42 Å². The maximum absolute atomic E-state index is 12.8. The summed E-state index contributed by atoms with van der Waals surface area (Å²) in [5.41, 5.74) is 0. The van der Waals surface area contributed by atoms with Gasteiger partial charge in [0.15, 0.2) is 5.96 Å². The van der Waals surface area contributed by atoms with Crippen molar-refractivity contribution in [1.29, 1.82) is 0 Å². The van der Waals surface area contributed by atoms with Crippen molar-refractivity contribution in [2.24, 2.45) is 10.9 Å². The second-order valence-electron chi connectivity index (χ2n) is 8.03. The monoisotopic (exact) mass is 422 g/mol. The molecule has 1 saturated carbocycles. The van der Waals surface area contributed by atoms with E-state index in [1.165, 1.54) is 0 Å². The van der Waals surface area contributed by atoms with E-state index < -0.39 is 10.0 Å². The number of aliphatic hydroxyl groups is 1. The maximum atomic E-state index is 12.8. The van der Waals surface area contributed by atoms with Gasteiger partial charge >= 0.3 is 0 Å². The first kappa shape index (κ1) is 22.1. The first-order chi connectivity index (χ1) is 14.0. The summed E-state index contributed by atoms with van der Waals surface area (Å²) in [4.78, 5) is 5.13. The highest BCUT2D eigenvalue weighted by atomic mass is 32.2. The molecule has 0 radical (unpaired) electrons. The fraction of sp³-hybridized carbons (Fsp3) is 0.667. The Kier molecular flexibility index (Phi) is 7.91. The van der Waals surface area contributed by atoms with Crippen molar-refractivity contribution in [1.82, 2.24) is 14.9 Å². The molecule has 162 valence electrons. The Morgan fingerprint density at radius 1 is 1.10 bits per heavy atom. The van der Waals surface area contributed by atoms with Crippen LogP contribution in [0.2, 0.25) is 0 Å². The predicted octanol–water partition coefficient (Wildman–Crippen LogP) is 1.95. The number of rotatable bonds is 6. The molecule has 0 unspecified atom stereocenters. The summed E-state index contributed by atoms with van der Waals surface area (Å²) in [5, 5.41) is 16.5. The van der Waals surface area contributed by atoms with Crippen molar-refractivity contribution < 1.29 is 13.5 Å². The zero-order valence-electron chi connectivity index (χ0n) is 17.3. The van der Waals surface area contributed by atoms with Gasteiger partial charge in [0.25, 0.3) is 0 Å². The minimum absolute atomic E-state index is 0.162. The Morgan fingerprint density at radius 3 is 2.38 bits per heavy atom. The number of guanidine groups is 1. The van der Waals surface area contributed by atoms with Gasteiger partial charge in [0.05, 0.1) is 11.0 Å². The van der Waals surface area contributed by atoms with Crippen LogP contribution in [-0.2, 0) is 10.0 Å². The lowest BCUT2D eigenvalue weighted by Crippen LogP contribution is -2.45. The summed E-state index contributed by atoms with van der Waals surface area (Å²) < 4.78 is 27.1. The molecule has 1 aliphatic carbocycles. The minimum atomic E-state index is -3.40. The molecule has 2 fully saturated rings. The van der Waals surface area contributed by atoms with Crippen LogP contribution in [0.5, 0.6) is 0 Å². The molecule has 1 aliphatic heterocycles. The average molecular weight is 423 g/mol. The van der Waals surface area contributed by atoms with Gasteiger partial charge in [0.1, 0.15) is 0 Å². The van der Waals surface area contributed by atoms with Gasteiger partial charge in [-0.15, -0.1) is 0 Å². The molecule has 1 saturated heterocycles. The lowest BCUT2D eigenvalue weighted by molar-refractivity contribution is 0.120. The molecule has 7 nitrogen and oxygen atoms in total. The van der Waals surface area contributed by atoms with Gasteiger partial charge in [-0.2, -0.15) is 4.31 Å². The number of hydrogen-bond acceptors (Lipinski definition) is 4. The van der Waals surface area contributed by atoms with E-state index in [1.54, 1.807) is 28.6 Å². The van der Waals surface area contributed by atoms with Gasteiger partial charge in [0.2, 0.25) is 10.0 Å². The van der Waals surface area contributed by atoms with Crippen molar-refractivity contribution in [3.8, 4) is 0 Å². The van der Waals surface area contributed by atoms with Crippen LogP contribution >= 0.6 is 0 Å². The fourth-order valence-electron chi connectivity index (χ4n) is 4.03. The van der Waals surface area contributed by atoms with Crippen LogP contribution in [0.4, 0.5) is 0 Å². The molecule has 1 aromatic rings. The highest BCUT2D eigenvalue weighted by Crippen LogP contribution is 2.24. The van der Waals surface area contributed by atoms with Gasteiger partial charge in [-0.1, -0.05) is 18.2 Å². The summed E-state index contributed by atoms with van der Waals surface area (Å²) in [7, 11) is -3.40. The number of nitrogens with one attached hydrogen (secondary N) is 2. The Labute approximate surface area is 174 Å². The number of aliphatic imine (C=N–C) groups is 1. The maximum Gasteiger partial charge on any atom is 0.243 e. The molecule has 0 bridgehead atoms. The smallest absolute Gasteiger partial charge is 0.243 e. The standard InChI is InChI=1S/C21H34N4O3S/c1-2-22-21(24-18-8-10-19(26)11-9-18)23-16-17-12-14-25(15-13-17)29(27,28)20-6-4-3-5-7-20/h3-7,17-19,26H,2,8-16H2,1H3,(H2,22,23,24). The molecule has 3 N–H and O–H groups in total. The SMILES string of the molecule is CCNC(=NCC1CCN(S(=O)(=O)c2ccccc2)CC1)NC1CCC(O)CC1. The molecule has 29 heavy (non-hydrogen) atoms. The van der Waals surface area contributed by atoms with Crippen LogP contribution in [0.3, 0.4) is 0 Å². The van der Waals surface area contributed by atoms with E-state index in [1.807, 2.05) is 6.07 Å². The second-order valence-corrected chi connectivity index (χ2v) is 9.97. The molecule has 8 heteroatoms.